The molecule has 0 bridgehead atoms. The van der Waals surface area contributed by atoms with Crippen LogP contribution < -0.4 is 4.74 Å². The predicted octanol–water partition coefficient (Wildman–Crippen LogP) is 1.55. The standard InChI is InChI=1S/C9H12N4OS/c1-4-14-8-7-10-5-6(2)13(7)12-9(11-8)15-3/h5H,4H2,1-3H3. The second-order valence-electron chi connectivity index (χ2n) is 2.97. The number of rotatable bonds is 3. The molecule has 0 aromatic carbocycles. The Morgan fingerprint density at radius 3 is 3.00 bits per heavy atom. The van der Waals surface area contributed by atoms with Gasteiger partial charge < -0.3 is 4.74 Å². The van der Waals surface area contributed by atoms with Crippen molar-refractivity contribution in [2.75, 3.05) is 12.9 Å². The molecular formula is C9H12N4OS. The fourth-order valence-corrected chi connectivity index (χ4v) is 1.61. The molecule has 2 heterocycles. The van der Waals surface area contributed by atoms with Gasteiger partial charge in [0.1, 0.15) is 0 Å². The van der Waals surface area contributed by atoms with Crippen molar-refractivity contribution in [3.63, 3.8) is 0 Å². The molecule has 0 unspecified atom stereocenters. The molecule has 0 saturated carbocycles. The lowest BCUT2D eigenvalue weighted by Gasteiger charge is -2.05. The number of imidazole rings is 1. The lowest BCUT2D eigenvalue weighted by molar-refractivity contribution is 0.323. The normalized spacial score (nSPS) is 10.9. The summed E-state index contributed by atoms with van der Waals surface area (Å²) < 4.78 is 7.18. The first-order chi connectivity index (χ1) is 7.26. The molecule has 0 amide bonds. The summed E-state index contributed by atoms with van der Waals surface area (Å²) in [5.74, 6) is 0.546. The Kier molecular flexibility index (Phi) is 2.77. The van der Waals surface area contributed by atoms with Crippen molar-refractivity contribution in [2.45, 2.75) is 19.0 Å². The quantitative estimate of drug-likeness (QED) is 0.740. The van der Waals surface area contributed by atoms with Gasteiger partial charge in [0.2, 0.25) is 10.8 Å². The summed E-state index contributed by atoms with van der Waals surface area (Å²) in [6, 6.07) is 0. The number of fused-ring (bicyclic) bond motifs is 1. The van der Waals surface area contributed by atoms with Crippen LogP contribution in [0.4, 0.5) is 0 Å². The first-order valence-electron chi connectivity index (χ1n) is 4.65. The van der Waals surface area contributed by atoms with E-state index >= 15 is 0 Å². The Labute approximate surface area is 91.9 Å². The van der Waals surface area contributed by atoms with Gasteiger partial charge in [-0.2, -0.15) is 4.98 Å². The fraction of sp³-hybridized carbons (Fsp3) is 0.444. The second-order valence-corrected chi connectivity index (χ2v) is 3.75. The van der Waals surface area contributed by atoms with E-state index in [9.17, 15) is 0 Å². The molecule has 0 N–H and O–H groups in total. The van der Waals surface area contributed by atoms with Crippen LogP contribution in [0.2, 0.25) is 0 Å². The van der Waals surface area contributed by atoms with Crippen molar-refractivity contribution >= 4 is 17.4 Å². The third kappa shape index (κ3) is 1.77. The molecule has 0 aliphatic heterocycles. The summed E-state index contributed by atoms with van der Waals surface area (Å²) in [4.78, 5) is 8.48. The highest BCUT2D eigenvalue weighted by Crippen LogP contribution is 2.19. The lowest BCUT2D eigenvalue weighted by Crippen LogP contribution is -2.04. The number of aryl methyl sites for hydroxylation is 1. The molecule has 0 aliphatic rings. The van der Waals surface area contributed by atoms with Crippen molar-refractivity contribution in [2.24, 2.45) is 0 Å². The van der Waals surface area contributed by atoms with E-state index in [2.05, 4.69) is 15.1 Å². The molecule has 15 heavy (non-hydrogen) atoms. The van der Waals surface area contributed by atoms with E-state index in [1.807, 2.05) is 20.1 Å². The van der Waals surface area contributed by atoms with Crippen molar-refractivity contribution in [1.29, 1.82) is 0 Å². The van der Waals surface area contributed by atoms with Crippen LogP contribution in [0.25, 0.3) is 5.65 Å². The van der Waals surface area contributed by atoms with E-state index in [0.717, 1.165) is 5.69 Å². The van der Waals surface area contributed by atoms with Gasteiger partial charge in [0.05, 0.1) is 18.5 Å². The van der Waals surface area contributed by atoms with Gasteiger partial charge in [-0.3, -0.25) is 0 Å². The Balaban J connectivity index is 2.65. The van der Waals surface area contributed by atoms with Crippen molar-refractivity contribution in [3.8, 4) is 5.88 Å². The van der Waals surface area contributed by atoms with Crippen LogP contribution in [0.15, 0.2) is 11.4 Å². The molecule has 0 spiro atoms. The average molecular weight is 224 g/mol. The molecule has 0 saturated heterocycles. The molecule has 0 atom stereocenters. The van der Waals surface area contributed by atoms with Crippen LogP contribution in [0.3, 0.4) is 0 Å². The topological polar surface area (TPSA) is 52.3 Å². The summed E-state index contributed by atoms with van der Waals surface area (Å²) in [6.07, 6.45) is 3.69. The minimum Gasteiger partial charge on any atom is -0.475 e. The zero-order valence-corrected chi connectivity index (χ0v) is 9.71. The molecule has 2 rings (SSSR count). The van der Waals surface area contributed by atoms with E-state index in [1.165, 1.54) is 11.8 Å². The molecule has 0 aliphatic carbocycles. The van der Waals surface area contributed by atoms with Gasteiger partial charge in [-0.05, 0) is 20.1 Å². The van der Waals surface area contributed by atoms with E-state index in [0.29, 0.717) is 23.3 Å². The third-order valence-corrected chi connectivity index (χ3v) is 2.48. The molecule has 5 nitrogen and oxygen atoms in total. The van der Waals surface area contributed by atoms with Gasteiger partial charge in [0.15, 0.2) is 0 Å². The maximum atomic E-state index is 5.43. The maximum absolute atomic E-state index is 5.43. The molecule has 80 valence electrons. The number of hydrogen-bond donors (Lipinski definition) is 0. The van der Waals surface area contributed by atoms with Gasteiger partial charge in [-0.25, -0.2) is 9.50 Å². The van der Waals surface area contributed by atoms with Gasteiger partial charge in [-0.1, -0.05) is 11.8 Å². The Morgan fingerprint density at radius 2 is 2.33 bits per heavy atom. The van der Waals surface area contributed by atoms with Gasteiger partial charge in [-0.15, -0.1) is 5.10 Å². The van der Waals surface area contributed by atoms with E-state index in [1.54, 1.807) is 10.7 Å². The molecule has 2 aromatic rings. The number of aromatic nitrogens is 4. The largest absolute Gasteiger partial charge is 0.475 e. The zero-order valence-electron chi connectivity index (χ0n) is 8.89. The molecule has 2 aromatic heterocycles. The van der Waals surface area contributed by atoms with E-state index in [4.69, 9.17) is 4.74 Å². The lowest BCUT2D eigenvalue weighted by atomic mass is 10.6. The molecular weight excluding hydrogens is 212 g/mol. The summed E-state index contributed by atoms with van der Waals surface area (Å²) in [7, 11) is 0. The smallest absolute Gasteiger partial charge is 0.262 e. The second kappa shape index (κ2) is 4.06. The number of nitrogens with zero attached hydrogens (tertiary/aromatic N) is 4. The summed E-state index contributed by atoms with van der Waals surface area (Å²) in [5.41, 5.74) is 1.65. The highest BCUT2D eigenvalue weighted by molar-refractivity contribution is 7.98. The van der Waals surface area contributed by atoms with E-state index in [-0.39, 0.29) is 0 Å². The maximum Gasteiger partial charge on any atom is 0.262 e. The van der Waals surface area contributed by atoms with Crippen LogP contribution in [0.5, 0.6) is 5.88 Å². The zero-order chi connectivity index (χ0) is 10.8. The van der Waals surface area contributed by atoms with Gasteiger partial charge >= 0.3 is 0 Å². The summed E-state index contributed by atoms with van der Waals surface area (Å²) >= 11 is 1.48. The Morgan fingerprint density at radius 1 is 1.53 bits per heavy atom. The number of thioether (sulfide) groups is 1. The predicted molar refractivity (Wildman–Crippen MR) is 58.5 cm³/mol. The van der Waals surface area contributed by atoms with Crippen molar-refractivity contribution in [3.05, 3.63) is 11.9 Å². The van der Waals surface area contributed by atoms with Crippen molar-refractivity contribution in [1.82, 2.24) is 19.6 Å². The monoisotopic (exact) mass is 224 g/mol. The number of ether oxygens (including phenoxy) is 1. The number of hydrogen-bond acceptors (Lipinski definition) is 5. The Bertz CT molecular complexity index is 482. The first-order valence-corrected chi connectivity index (χ1v) is 5.88. The van der Waals surface area contributed by atoms with Gasteiger partial charge in [0, 0.05) is 0 Å². The van der Waals surface area contributed by atoms with Gasteiger partial charge in [0.25, 0.3) is 5.88 Å². The minimum atomic E-state index is 0.546. The summed E-state index contributed by atoms with van der Waals surface area (Å²) in [5, 5.41) is 5.01. The van der Waals surface area contributed by atoms with Crippen LogP contribution in [-0.4, -0.2) is 32.4 Å². The van der Waals surface area contributed by atoms with Crippen molar-refractivity contribution < 1.29 is 4.74 Å². The summed E-state index contributed by atoms with van der Waals surface area (Å²) in [6.45, 7) is 4.45. The SMILES string of the molecule is CCOc1nc(SC)nn2c(C)cnc12. The highest BCUT2D eigenvalue weighted by atomic mass is 32.2. The van der Waals surface area contributed by atoms with Crippen LogP contribution in [0.1, 0.15) is 12.6 Å². The first kappa shape index (κ1) is 10.2. The Hall–Kier alpha value is -1.30. The molecule has 0 fully saturated rings. The third-order valence-electron chi connectivity index (χ3n) is 1.95. The highest BCUT2D eigenvalue weighted by Gasteiger charge is 2.11. The van der Waals surface area contributed by atoms with Crippen LogP contribution in [0, 0.1) is 6.92 Å². The van der Waals surface area contributed by atoms with E-state index < -0.39 is 0 Å². The average Bonchev–Trinajstić information content (AvgIpc) is 2.61. The fourth-order valence-electron chi connectivity index (χ4n) is 1.27. The molecule has 6 heteroatoms. The van der Waals surface area contributed by atoms with Crippen LogP contribution in [-0.2, 0) is 0 Å². The minimum absolute atomic E-state index is 0.546. The van der Waals surface area contributed by atoms with Crippen LogP contribution >= 0.6 is 11.8 Å². The molecule has 0 radical (unpaired) electrons.